The zero-order chi connectivity index (χ0) is 20.0. The van der Waals surface area contributed by atoms with Crippen LogP contribution in [0.3, 0.4) is 0 Å². The van der Waals surface area contributed by atoms with Gasteiger partial charge in [0.1, 0.15) is 0 Å². The average Bonchev–Trinajstić information content (AvgIpc) is 3.21. The summed E-state index contributed by atoms with van der Waals surface area (Å²) in [5.74, 6) is 0.457. The molecule has 1 amide bonds. The van der Waals surface area contributed by atoms with Gasteiger partial charge in [-0.25, -0.2) is 18.2 Å². The van der Waals surface area contributed by atoms with E-state index >= 15 is 0 Å². The first-order valence-electron chi connectivity index (χ1n) is 8.27. The van der Waals surface area contributed by atoms with Crippen molar-refractivity contribution < 1.29 is 17.9 Å². The molecule has 0 radical (unpaired) electrons. The Bertz CT molecular complexity index is 1020. The number of nitrogens with one attached hydrogen (secondary N) is 1. The van der Waals surface area contributed by atoms with Crippen molar-refractivity contribution in [3.05, 3.63) is 60.4 Å². The molecular formula is C17H18N6O4S. The molecule has 10 nitrogen and oxygen atoms in total. The largest absolute Gasteiger partial charge is 0.466 e. The molecule has 2 heterocycles. The maximum absolute atomic E-state index is 11.9. The minimum Gasteiger partial charge on any atom is -0.466 e. The van der Waals surface area contributed by atoms with E-state index in [1.54, 1.807) is 47.4 Å². The summed E-state index contributed by atoms with van der Waals surface area (Å²) < 4.78 is 29.3. The van der Waals surface area contributed by atoms with Gasteiger partial charge >= 0.3 is 0 Å². The molecule has 0 bridgehead atoms. The number of carbonyl (C=O) groups excluding carboxylic acids is 1. The second kappa shape index (κ2) is 8.59. The molecule has 0 fully saturated rings. The van der Waals surface area contributed by atoms with Crippen LogP contribution in [0, 0.1) is 0 Å². The smallest absolute Gasteiger partial charge is 0.258 e. The van der Waals surface area contributed by atoms with Gasteiger partial charge in [0.2, 0.25) is 15.9 Å². The van der Waals surface area contributed by atoms with Crippen molar-refractivity contribution >= 4 is 15.9 Å². The van der Waals surface area contributed by atoms with Crippen molar-refractivity contribution in [3.8, 4) is 11.7 Å². The molecule has 0 unspecified atom stereocenters. The number of sulfonamides is 1. The van der Waals surface area contributed by atoms with Crippen molar-refractivity contribution in [3.63, 3.8) is 0 Å². The van der Waals surface area contributed by atoms with Crippen molar-refractivity contribution in [1.29, 1.82) is 0 Å². The third kappa shape index (κ3) is 5.34. The van der Waals surface area contributed by atoms with Crippen LogP contribution in [0.4, 0.5) is 0 Å². The van der Waals surface area contributed by atoms with E-state index < -0.39 is 10.0 Å². The summed E-state index contributed by atoms with van der Waals surface area (Å²) in [7, 11) is -3.70. The lowest BCUT2D eigenvalue weighted by Crippen LogP contribution is -2.30. The number of nitrogens with two attached hydrogens (primary N) is 1. The van der Waals surface area contributed by atoms with Crippen molar-refractivity contribution in [1.82, 2.24) is 25.3 Å². The predicted octanol–water partition coefficient (Wildman–Crippen LogP) is 0.0474. The number of carbonyl (C=O) groups is 1. The highest BCUT2D eigenvalue weighted by atomic mass is 32.2. The third-order valence-corrected chi connectivity index (χ3v) is 4.63. The third-order valence-electron chi connectivity index (χ3n) is 3.70. The fourth-order valence-corrected chi connectivity index (χ4v) is 2.81. The summed E-state index contributed by atoms with van der Waals surface area (Å²) in [6, 6.07) is 11.2. The standard InChI is InChI=1S/C17H18N6O4S/c18-28(25,26)14-4-2-13(3-5-14)8-10-19-16(24)12-27-17-7-6-15(21-22-17)23-11-1-9-20-23/h1-7,9,11H,8,10,12H2,(H,19,24)(H2,18,25,26). The molecule has 0 spiro atoms. The van der Waals surface area contributed by atoms with E-state index in [0.717, 1.165) is 5.56 Å². The van der Waals surface area contributed by atoms with Crippen LogP contribution in [0.5, 0.6) is 5.88 Å². The van der Waals surface area contributed by atoms with Gasteiger partial charge in [0.25, 0.3) is 5.91 Å². The van der Waals surface area contributed by atoms with Crippen LogP contribution in [0.2, 0.25) is 0 Å². The Morgan fingerprint density at radius 3 is 2.54 bits per heavy atom. The molecule has 0 atom stereocenters. The number of hydrogen-bond donors (Lipinski definition) is 2. The summed E-state index contributed by atoms with van der Waals surface area (Å²) in [4.78, 5) is 11.9. The van der Waals surface area contributed by atoms with Gasteiger partial charge in [0.05, 0.1) is 4.90 Å². The number of aromatic nitrogens is 4. The average molecular weight is 402 g/mol. The van der Waals surface area contributed by atoms with E-state index in [4.69, 9.17) is 9.88 Å². The van der Waals surface area contributed by atoms with Gasteiger partial charge in [0.15, 0.2) is 12.4 Å². The molecule has 0 saturated carbocycles. The first-order valence-corrected chi connectivity index (χ1v) is 9.81. The number of hydrogen-bond acceptors (Lipinski definition) is 7. The van der Waals surface area contributed by atoms with Crippen LogP contribution < -0.4 is 15.2 Å². The van der Waals surface area contributed by atoms with E-state index in [9.17, 15) is 13.2 Å². The predicted molar refractivity (Wildman–Crippen MR) is 99.2 cm³/mol. The lowest BCUT2D eigenvalue weighted by molar-refractivity contribution is -0.123. The summed E-state index contributed by atoms with van der Waals surface area (Å²) in [6.07, 6.45) is 3.90. The number of amides is 1. The van der Waals surface area contributed by atoms with Gasteiger partial charge in [-0.2, -0.15) is 5.10 Å². The fourth-order valence-electron chi connectivity index (χ4n) is 2.30. The van der Waals surface area contributed by atoms with Gasteiger partial charge in [-0.15, -0.1) is 10.2 Å². The zero-order valence-corrected chi connectivity index (χ0v) is 15.5. The van der Waals surface area contributed by atoms with Crippen LogP contribution in [0.15, 0.2) is 59.8 Å². The van der Waals surface area contributed by atoms with Crippen molar-refractivity contribution in [2.24, 2.45) is 5.14 Å². The minimum absolute atomic E-state index is 0.0494. The molecule has 3 rings (SSSR count). The van der Waals surface area contributed by atoms with Gasteiger partial charge in [0, 0.05) is 25.0 Å². The molecule has 0 aliphatic heterocycles. The lowest BCUT2D eigenvalue weighted by Gasteiger charge is -2.07. The Kier molecular flexibility index (Phi) is 5.96. The Balaban J connectivity index is 1.41. The summed E-state index contributed by atoms with van der Waals surface area (Å²) in [6.45, 7) is 0.182. The molecular weight excluding hydrogens is 384 g/mol. The molecule has 28 heavy (non-hydrogen) atoms. The van der Waals surface area contributed by atoms with Gasteiger partial charge in [-0.1, -0.05) is 12.1 Å². The molecule has 2 aromatic heterocycles. The van der Waals surface area contributed by atoms with E-state index in [2.05, 4.69) is 20.6 Å². The lowest BCUT2D eigenvalue weighted by atomic mass is 10.1. The zero-order valence-electron chi connectivity index (χ0n) is 14.7. The van der Waals surface area contributed by atoms with Crippen LogP contribution >= 0.6 is 0 Å². The van der Waals surface area contributed by atoms with Gasteiger partial charge < -0.3 is 10.1 Å². The quantitative estimate of drug-likeness (QED) is 0.542. The second-order valence-corrected chi connectivity index (χ2v) is 7.32. The molecule has 0 aliphatic carbocycles. The molecule has 3 aromatic rings. The maximum Gasteiger partial charge on any atom is 0.258 e. The van der Waals surface area contributed by atoms with E-state index in [0.29, 0.717) is 18.8 Å². The van der Waals surface area contributed by atoms with Crippen LogP contribution in [0.1, 0.15) is 5.56 Å². The van der Waals surface area contributed by atoms with E-state index in [1.165, 1.54) is 12.1 Å². The van der Waals surface area contributed by atoms with Gasteiger partial charge in [-0.05, 0) is 36.2 Å². The van der Waals surface area contributed by atoms with Crippen LogP contribution in [0.25, 0.3) is 5.82 Å². The highest BCUT2D eigenvalue weighted by Crippen LogP contribution is 2.09. The number of rotatable bonds is 8. The van der Waals surface area contributed by atoms with Crippen molar-refractivity contribution in [2.45, 2.75) is 11.3 Å². The number of primary sulfonamides is 1. The fraction of sp³-hybridized carbons (Fsp3) is 0.176. The van der Waals surface area contributed by atoms with Crippen LogP contribution in [-0.2, 0) is 21.2 Å². The van der Waals surface area contributed by atoms with Crippen molar-refractivity contribution in [2.75, 3.05) is 13.2 Å². The molecule has 146 valence electrons. The summed E-state index contributed by atoms with van der Waals surface area (Å²) >= 11 is 0. The van der Waals surface area contributed by atoms with E-state index in [1.807, 2.05) is 0 Å². The maximum atomic E-state index is 11.9. The number of nitrogens with zero attached hydrogens (tertiary/aromatic N) is 4. The monoisotopic (exact) mass is 402 g/mol. The normalized spacial score (nSPS) is 11.2. The molecule has 1 aromatic carbocycles. The number of benzene rings is 1. The van der Waals surface area contributed by atoms with E-state index in [-0.39, 0.29) is 23.3 Å². The number of ether oxygens (including phenoxy) is 1. The molecule has 0 saturated heterocycles. The van der Waals surface area contributed by atoms with Gasteiger partial charge in [-0.3, -0.25) is 4.79 Å². The minimum atomic E-state index is -3.70. The second-order valence-electron chi connectivity index (χ2n) is 5.76. The Morgan fingerprint density at radius 1 is 1.14 bits per heavy atom. The summed E-state index contributed by atoms with van der Waals surface area (Å²) in [5.41, 5.74) is 0.869. The topological polar surface area (TPSA) is 142 Å². The van der Waals surface area contributed by atoms with Crippen LogP contribution in [-0.4, -0.2) is 47.5 Å². The highest BCUT2D eigenvalue weighted by Gasteiger charge is 2.08. The highest BCUT2D eigenvalue weighted by molar-refractivity contribution is 7.89. The Labute approximate surface area is 161 Å². The molecule has 11 heteroatoms. The molecule has 0 aliphatic rings. The molecule has 3 N–H and O–H groups in total. The summed E-state index contributed by atoms with van der Waals surface area (Å²) in [5, 5.41) is 19.7. The Morgan fingerprint density at radius 2 is 1.93 bits per heavy atom. The SMILES string of the molecule is NS(=O)(=O)c1ccc(CCNC(=O)COc2ccc(-n3cccn3)nn2)cc1. The Hall–Kier alpha value is -3.31. The first-order chi connectivity index (χ1) is 13.4. The first kappa shape index (κ1) is 19.5.